The number of carbonyl (C=O) groups excluding carboxylic acids is 1. The van der Waals surface area contributed by atoms with Gasteiger partial charge in [0, 0.05) is 13.0 Å². The highest BCUT2D eigenvalue weighted by Crippen LogP contribution is 2.47. The lowest BCUT2D eigenvalue weighted by molar-refractivity contribution is -0.220. The van der Waals surface area contributed by atoms with Crippen LogP contribution >= 0.6 is 7.82 Å². The Balaban J connectivity index is 2.38. The number of carbonyl (C=O) groups is 1. The number of allylic oxidation sites excluding steroid dienone is 10. The van der Waals surface area contributed by atoms with Gasteiger partial charge in [-0.2, -0.15) is 0 Å². The van der Waals surface area contributed by atoms with Gasteiger partial charge in [0.15, 0.2) is 0 Å². The summed E-state index contributed by atoms with van der Waals surface area (Å²) in [7, 11) is -5.04. The number of aliphatic hydroxyl groups is 5. The molecule has 0 spiro atoms. The molecule has 1 fully saturated rings. The average Bonchev–Trinajstić information content (AvgIpc) is 3.26. The van der Waals surface area contributed by atoms with Crippen LogP contribution < -0.4 is 0 Å². The standard InChI is InChI=1S/C49H87O12P/c1-3-5-7-9-11-13-15-17-19-20-21-22-23-24-25-26-28-30-32-34-36-38-43(50)60-42(40-58-39-37-35-33-31-29-27-18-16-14-12-10-8-6-4-2)41-59-62(56,57)61-49-47(54)45(52)44(51)46(53)48(49)55/h6,8,12,14,18,20-21,27,31,33,42,44-49,51-55H,3-5,7,9-11,13,15-17,19,22-26,28-30,32,34-41H2,1-2H3,(H,56,57)/b8-6-,14-12-,21-20-,27-18-,33-31-. The number of unbranched alkanes of at least 4 members (excludes halogenated alkanes) is 18. The highest BCUT2D eigenvalue weighted by Gasteiger charge is 2.51. The molecule has 1 saturated carbocycles. The number of hydrogen-bond acceptors (Lipinski definition) is 11. The molecule has 1 aliphatic carbocycles. The van der Waals surface area contributed by atoms with Crippen molar-refractivity contribution in [2.75, 3.05) is 19.8 Å². The van der Waals surface area contributed by atoms with Crippen molar-refractivity contribution in [1.82, 2.24) is 0 Å². The summed E-state index contributed by atoms with van der Waals surface area (Å²) in [6.07, 6.45) is 37.4. The second-order valence-corrected chi connectivity index (χ2v) is 18.0. The topological polar surface area (TPSA) is 192 Å². The third-order valence-electron chi connectivity index (χ3n) is 10.9. The normalized spacial score (nSPS) is 22.5. The monoisotopic (exact) mass is 899 g/mol. The van der Waals surface area contributed by atoms with Gasteiger partial charge in [-0.05, 0) is 70.6 Å². The summed E-state index contributed by atoms with van der Waals surface area (Å²) in [4.78, 5) is 23.2. The summed E-state index contributed by atoms with van der Waals surface area (Å²) in [6.45, 7) is 4.00. The van der Waals surface area contributed by atoms with E-state index in [2.05, 4.69) is 74.6 Å². The van der Waals surface area contributed by atoms with Crippen molar-refractivity contribution in [1.29, 1.82) is 0 Å². The van der Waals surface area contributed by atoms with Crippen LogP contribution in [0.3, 0.4) is 0 Å². The largest absolute Gasteiger partial charge is 0.472 e. The smallest absolute Gasteiger partial charge is 0.457 e. The third-order valence-corrected chi connectivity index (χ3v) is 11.9. The highest BCUT2D eigenvalue weighted by molar-refractivity contribution is 7.47. The highest BCUT2D eigenvalue weighted by atomic mass is 31.2. The minimum atomic E-state index is -5.04. The Kier molecular flexibility index (Phi) is 36.9. The van der Waals surface area contributed by atoms with Gasteiger partial charge < -0.3 is 39.9 Å². The quantitative estimate of drug-likeness (QED) is 0.0148. The van der Waals surface area contributed by atoms with Gasteiger partial charge in [0.05, 0.1) is 13.2 Å². The molecule has 0 heterocycles. The van der Waals surface area contributed by atoms with Crippen LogP contribution in [0, 0.1) is 0 Å². The van der Waals surface area contributed by atoms with Gasteiger partial charge in [-0.3, -0.25) is 13.8 Å². The molecular weight excluding hydrogens is 812 g/mol. The molecule has 6 N–H and O–H groups in total. The fourth-order valence-electron chi connectivity index (χ4n) is 7.06. The molecule has 0 amide bonds. The lowest BCUT2D eigenvalue weighted by Gasteiger charge is -2.41. The van der Waals surface area contributed by atoms with Crippen molar-refractivity contribution >= 4 is 13.8 Å². The van der Waals surface area contributed by atoms with E-state index in [4.69, 9.17) is 18.5 Å². The molecule has 6 unspecified atom stereocenters. The van der Waals surface area contributed by atoms with Crippen LogP contribution in [-0.2, 0) is 27.9 Å². The molecule has 1 aliphatic rings. The lowest BCUT2D eigenvalue weighted by Crippen LogP contribution is -2.64. The number of hydrogen-bond donors (Lipinski definition) is 6. The first-order chi connectivity index (χ1) is 30.0. The van der Waals surface area contributed by atoms with Crippen molar-refractivity contribution in [3.63, 3.8) is 0 Å². The maximum atomic E-state index is 12.8. The first-order valence-electron chi connectivity index (χ1n) is 24.1. The predicted octanol–water partition coefficient (Wildman–Crippen LogP) is 10.2. The Morgan fingerprint density at radius 2 is 0.952 bits per heavy atom. The molecular formula is C49H87O12P. The van der Waals surface area contributed by atoms with Gasteiger partial charge in [0.25, 0.3) is 0 Å². The van der Waals surface area contributed by atoms with Gasteiger partial charge in [-0.15, -0.1) is 0 Å². The zero-order valence-corrected chi connectivity index (χ0v) is 39.3. The Morgan fingerprint density at radius 3 is 1.47 bits per heavy atom. The average molecular weight is 899 g/mol. The maximum Gasteiger partial charge on any atom is 0.472 e. The predicted molar refractivity (Wildman–Crippen MR) is 248 cm³/mol. The molecule has 0 radical (unpaired) electrons. The number of phosphoric acid groups is 1. The fourth-order valence-corrected chi connectivity index (χ4v) is 8.03. The Bertz CT molecular complexity index is 1250. The van der Waals surface area contributed by atoms with E-state index in [0.717, 1.165) is 51.4 Å². The van der Waals surface area contributed by atoms with Crippen LogP contribution in [0.25, 0.3) is 0 Å². The molecule has 0 aliphatic heterocycles. The van der Waals surface area contributed by atoms with E-state index < -0.39 is 63.1 Å². The van der Waals surface area contributed by atoms with Crippen molar-refractivity contribution in [3.05, 3.63) is 60.8 Å². The van der Waals surface area contributed by atoms with E-state index >= 15 is 0 Å². The number of rotatable bonds is 40. The molecule has 62 heavy (non-hydrogen) atoms. The summed E-state index contributed by atoms with van der Waals surface area (Å²) in [5.74, 6) is -0.499. The Hall–Kier alpha value is -1.96. The van der Waals surface area contributed by atoms with Crippen LogP contribution in [0.15, 0.2) is 60.8 Å². The van der Waals surface area contributed by atoms with Gasteiger partial charge in [0.1, 0.15) is 42.7 Å². The third kappa shape index (κ3) is 31.0. The molecule has 13 heteroatoms. The van der Waals surface area contributed by atoms with Crippen molar-refractivity contribution < 1.29 is 58.3 Å². The number of aliphatic hydroxyl groups excluding tert-OH is 5. The SMILES string of the molecule is CC/C=C\C/C=C\C/C=C\C/C=C\CCCOCC(COP(=O)(O)OC1C(O)C(O)C(O)C(O)C1O)OC(=O)CCCCCCCCCCC/C=C\CCCCCCCCCC. The summed E-state index contributed by atoms with van der Waals surface area (Å²) in [6, 6.07) is 0. The van der Waals surface area contributed by atoms with Crippen LogP contribution in [-0.4, -0.2) is 98.9 Å². The van der Waals surface area contributed by atoms with E-state index in [1.807, 2.05) is 0 Å². The van der Waals surface area contributed by atoms with Gasteiger partial charge in [-0.1, -0.05) is 164 Å². The molecule has 0 saturated heterocycles. The van der Waals surface area contributed by atoms with E-state index in [1.54, 1.807) is 0 Å². The summed E-state index contributed by atoms with van der Waals surface area (Å²) < 4.78 is 34.1. The van der Waals surface area contributed by atoms with E-state index in [9.17, 15) is 39.8 Å². The van der Waals surface area contributed by atoms with Crippen LogP contribution in [0.5, 0.6) is 0 Å². The first-order valence-corrected chi connectivity index (χ1v) is 25.6. The second kappa shape index (κ2) is 39.4. The molecule has 0 aromatic rings. The molecule has 0 bridgehead atoms. The summed E-state index contributed by atoms with van der Waals surface area (Å²) in [5, 5.41) is 50.2. The molecule has 0 aromatic carbocycles. The van der Waals surface area contributed by atoms with Gasteiger partial charge in [0.2, 0.25) is 0 Å². The Morgan fingerprint density at radius 1 is 0.532 bits per heavy atom. The molecule has 6 atom stereocenters. The molecule has 12 nitrogen and oxygen atoms in total. The van der Waals surface area contributed by atoms with E-state index in [1.165, 1.54) is 96.3 Å². The van der Waals surface area contributed by atoms with Crippen molar-refractivity contribution in [2.24, 2.45) is 0 Å². The Labute approximate surface area is 375 Å². The number of esters is 1. The van der Waals surface area contributed by atoms with Crippen molar-refractivity contribution in [3.8, 4) is 0 Å². The first kappa shape index (κ1) is 58.1. The maximum absolute atomic E-state index is 12.8. The van der Waals surface area contributed by atoms with Gasteiger partial charge >= 0.3 is 13.8 Å². The van der Waals surface area contributed by atoms with Crippen molar-refractivity contribution in [2.45, 2.75) is 224 Å². The fraction of sp³-hybridized carbons (Fsp3) is 0.776. The lowest BCUT2D eigenvalue weighted by atomic mass is 9.85. The summed E-state index contributed by atoms with van der Waals surface area (Å²) in [5.41, 5.74) is 0. The molecule has 360 valence electrons. The number of phosphoric ester groups is 1. The molecule has 1 rings (SSSR count). The van der Waals surface area contributed by atoms with Gasteiger partial charge in [-0.25, -0.2) is 4.57 Å². The van der Waals surface area contributed by atoms with Crippen LogP contribution in [0.2, 0.25) is 0 Å². The zero-order chi connectivity index (χ0) is 45.5. The zero-order valence-electron chi connectivity index (χ0n) is 38.4. The minimum absolute atomic E-state index is 0.117. The van der Waals surface area contributed by atoms with Crippen LogP contribution in [0.4, 0.5) is 0 Å². The summed E-state index contributed by atoms with van der Waals surface area (Å²) >= 11 is 0. The minimum Gasteiger partial charge on any atom is -0.457 e. The second-order valence-electron chi connectivity index (χ2n) is 16.6. The van der Waals surface area contributed by atoms with E-state index in [0.29, 0.717) is 19.4 Å². The van der Waals surface area contributed by atoms with Crippen LogP contribution in [0.1, 0.15) is 181 Å². The number of ether oxygens (including phenoxy) is 2. The van der Waals surface area contributed by atoms with E-state index in [-0.39, 0.29) is 13.0 Å². The molecule has 0 aromatic heterocycles.